The van der Waals surface area contributed by atoms with Crippen LogP contribution in [0.25, 0.3) is 11.3 Å². The number of hydrogen-bond acceptors (Lipinski definition) is 7. The van der Waals surface area contributed by atoms with Gasteiger partial charge in [-0.05, 0) is 50.3 Å². The van der Waals surface area contributed by atoms with Gasteiger partial charge in [-0.25, -0.2) is 9.97 Å². The Morgan fingerprint density at radius 2 is 1.82 bits per heavy atom. The largest absolute Gasteiger partial charge is 0.471 e. The molecule has 33 heavy (non-hydrogen) atoms. The van der Waals surface area contributed by atoms with Crippen molar-refractivity contribution in [3.8, 4) is 17.1 Å². The average Bonchev–Trinajstić information content (AvgIpc) is 3.79. The number of fused-ring (bicyclic) bond motifs is 1. The minimum atomic E-state index is 0.164. The van der Waals surface area contributed by atoms with E-state index in [0.717, 1.165) is 47.0 Å². The molecule has 2 aromatic heterocycles. The number of nitrogens with zero attached hydrogens (tertiary/aromatic N) is 5. The molecule has 2 saturated carbocycles. The third-order valence-electron chi connectivity index (χ3n) is 7.54. The van der Waals surface area contributed by atoms with E-state index < -0.39 is 0 Å². The van der Waals surface area contributed by atoms with Crippen molar-refractivity contribution in [2.45, 2.75) is 50.7 Å². The van der Waals surface area contributed by atoms with Crippen LogP contribution in [0.2, 0.25) is 0 Å². The summed E-state index contributed by atoms with van der Waals surface area (Å²) >= 11 is 0. The lowest BCUT2D eigenvalue weighted by atomic mass is 9.92. The summed E-state index contributed by atoms with van der Waals surface area (Å²) < 4.78 is 6.35. The molecule has 7 heteroatoms. The van der Waals surface area contributed by atoms with Crippen LogP contribution in [0.4, 0.5) is 0 Å². The van der Waals surface area contributed by atoms with Gasteiger partial charge in [0.15, 0.2) is 0 Å². The number of aromatic nitrogens is 4. The molecule has 1 N–H and O–H groups in total. The first-order valence-corrected chi connectivity index (χ1v) is 12.0. The van der Waals surface area contributed by atoms with Gasteiger partial charge < -0.3 is 10.1 Å². The first-order valence-electron chi connectivity index (χ1n) is 12.0. The molecule has 1 spiro atoms. The molecule has 0 amide bonds. The van der Waals surface area contributed by atoms with E-state index in [9.17, 15) is 0 Å². The normalized spacial score (nSPS) is 22.7. The molecule has 0 radical (unpaired) electrons. The Kier molecular flexibility index (Phi) is 4.34. The van der Waals surface area contributed by atoms with E-state index in [-0.39, 0.29) is 6.10 Å². The Morgan fingerprint density at radius 1 is 0.939 bits per heavy atom. The highest BCUT2D eigenvalue weighted by atomic mass is 16.5. The Labute approximate surface area is 192 Å². The SMILES string of the molecule is c1cc2c(cc1-c1cncc(C3CC3)n1)C(c1cncc(O[C@H]3CNCCC34CC4)n1)=NC2. The quantitative estimate of drug-likeness (QED) is 0.654. The molecule has 0 bridgehead atoms. The van der Waals surface area contributed by atoms with Gasteiger partial charge in [0.05, 0.1) is 42.2 Å². The maximum atomic E-state index is 6.35. The summed E-state index contributed by atoms with van der Waals surface area (Å²) in [5.41, 5.74) is 7.33. The Balaban J connectivity index is 1.18. The third-order valence-corrected chi connectivity index (χ3v) is 7.54. The van der Waals surface area contributed by atoms with Gasteiger partial charge in [0.1, 0.15) is 11.8 Å². The van der Waals surface area contributed by atoms with E-state index in [1.54, 1.807) is 12.4 Å². The number of hydrogen-bond donors (Lipinski definition) is 1. The van der Waals surface area contributed by atoms with Crippen molar-refractivity contribution in [2.24, 2.45) is 10.4 Å². The highest BCUT2D eigenvalue weighted by Gasteiger charge is 2.52. The van der Waals surface area contributed by atoms with Crippen molar-refractivity contribution in [3.05, 3.63) is 65.5 Å². The van der Waals surface area contributed by atoms with Crippen LogP contribution < -0.4 is 10.1 Å². The summed E-state index contributed by atoms with van der Waals surface area (Å²) in [5, 5.41) is 3.46. The Hall–Kier alpha value is -3.19. The zero-order valence-electron chi connectivity index (χ0n) is 18.5. The number of piperidine rings is 1. The minimum Gasteiger partial charge on any atom is -0.471 e. The topological polar surface area (TPSA) is 85.2 Å². The summed E-state index contributed by atoms with van der Waals surface area (Å²) in [7, 11) is 0. The molecule has 4 aliphatic rings. The molecule has 7 nitrogen and oxygen atoms in total. The molecule has 2 aliphatic carbocycles. The molecule has 7 rings (SSSR count). The fourth-order valence-electron chi connectivity index (χ4n) is 5.17. The van der Waals surface area contributed by atoms with Gasteiger partial charge in [0.25, 0.3) is 0 Å². The maximum absolute atomic E-state index is 6.35. The second-order valence-electron chi connectivity index (χ2n) is 9.81. The van der Waals surface area contributed by atoms with Crippen molar-refractivity contribution >= 4 is 5.71 Å². The number of rotatable bonds is 5. The highest BCUT2D eigenvalue weighted by Crippen LogP contribution is 2.53. The lowest BCUT2D eigenvalue weighted by molar-refractivity contribution is 0.0842. The molecule has 4 heterocycles. The van der Waals surface area contributed by atoms with Crippen LogP contribution in [-0.2, 0) is 6.54 Å². The average molecular weight is 439 g/mol. The molecule has 1 atom stereocenters. The second-order valence-corrected chi connectivity index (χ2v) is 9.81. The molecule has 1 saturated heterocycles. The van der Waals surface area contributed by atoms with Crippen LogP contribution in [-0.4, -0.2) is 44.8 Å². The molecule has 0 unspecified atom stereocenters. The summed E-state index contributed by atoms with van der Waals surface area (Å²) in [6.45, 7) is 2.61. The third kappa shape index (κ3) is 3.51. The first kappa shape index (κ1) is 19.3. The Morgan fingerprint density at radius 3 is 2.70 bits per heavy atom. The molecule has 1 aromatic carbocycles. The molecular formula is C26H26N6O. The number of nitrogens with one attached hydrogen (secondary N) is 1. The van der Waals surface area contributed by atoms with Crippen molar-refractivity contribution < 1.29 is 4.74 Å². The zero-order chi connectivity index (χ0) is 21.8. The summed E-state index contributed by atoms with van der Waals surface area (Å²) in [6, 6.07) is 6.43. The molecule has 166 valence electrons. The van der Waals surface area contributed by atoms with Crippen LogP contribution in [0.1, 0.15) is 60.5 Å². The zero-order valence-corrected chi connectivity index (χ0v) is 18.5. The van der Waals surface area contributed by atoms with Crippen LogP contribution in [0.15, 0.2) is 48.0 Å². The van der Waals surface area contributed by atoms with Crippen LogP contribution in [0.3, 0.4) is 0 Å². The Bertz CT molecular complexity index is 1260. The van der Waals surface area contributed by atoms with Gasteiger partial charge in [-0.15, -0.1) is 0 Å². The standard InChI is InChI=1S/C26H26N6O/c1-2-16(1)20-11-28-12-21(31-20)17-3-4-18-10-30-25(19(18)9-17)22-13-29-15-24(32-22)33-23-14-27-8-7-26(23)5-6-26/h3-4,9,11-13,15-16,23,27H,1-2,5-8,10,14H2/t23-/m0/s1. The van der Waals surface area contributed by atoms with Gasteiger partial charge in [-0.2, -0.15) is 0 Å². The monoisotopic (exact) mass is 438 g/mol. The van der Waals surface area contributed by atoms with Crippen LogP contribution in [0, 0.1) is 5.41 Å². The van der Waals surface area contributed by atoms with E-state index in [1.165, 1.54) is 37.7 Å². The van der Waals surface area contributed by atoms with Gasteiger partial charge in [0.2, 0.25) is 5.88 Å². The summed E-state index contributed by atoms with van der Waals surface area (Å²) in [6.07, 6.45) is 13.5. The van der Waals surface area contributed by atoms with E-state index in [4.69, 9.17) is 19.7 Å². The van der Waals surface area contributed by atoms with E-state index >= 15 is 0 Å². The van der Waals surface area contributed by atoms with Crippen molar-refractivity contribution in [2.75, 3.05) is 13.1 Å². The number of aliphatic imine (C=N–C) groups is 1. The maximum Gasteiger partial charge on any atom is 0.233 e. The fourth-order valence-corrected chi connectivity index (χ4v) is 5.17. The first-order chi connectivity index (χ1) is 16.3. The van der Waals surface area contributed by atoms with E-state index in [2.05, 4.69) is 33.5 Å². The summed E-state index contributed by atoms with van der Waals surface area (Å²) in [5.74, 6) is 1.17. The highest BCUT2D eigenvalue weighted by molar-refractivity contribution is 6.14. The summed E-state index contributed by atoms with van der Waals surface area (Å²) in [4.78, 5) is 23.4. The van der Waals surface area contributed by atoms with E-state index in [0.29, 0.717) is 23.8 Å². The number of ether oxygens (including phenoxy) is 1. The van der Waals surface area contributed by atoms with E-state index in [1.807, 2.05) is 12.4 Å². The van der Waals surface area contributed by atoms with Gasteiger partial charge in [0, 0.05) is 35.2 Å². The fraction of sp³-hybridized carbons (Fsp3) is 0.423. The van der Waals surface area contributed by atoms with Crippen LogP contribution in [0.5, 0.6) is 5.88 Å². The molecule has 2 aliphatic heterocycles. The van der Waals surface area contributed by atoms with Crippen molar-refractivity contribution in [1.29, 1.82) is 0 Å². The van der Waals surface area contributed by atoms with Crippen molar-refractivity contribution in [1.82, 2.24) is 25.3 Å². The van der Waals surface area contributed by atoms with Gasteiger partial charge >= 0.3 is 0 Å². The molecular weight excluding hydrogens is 412 g/mol. The van der Waals surface area contributed by atoms with Gasteiger partial charge in [-0.3, -0.25) is 15.0 Å². The lowest BCUT2D eigenvalue weighted by Crippen LogP contribution is -2.45. The van der Waals surface area contributed by atoms with Gasteiger partial charge in [-0.1, -0.05) is 12.1 Å². The van der Waals surface area contributed by atoms with Crippen molar-refractivity contribution in [3.63, 3.8) is 0 Å². The molecule has 3 aromatic rings. The second kappa shape index (κ2) is 7.42. The predicted molar refractivity (Wildman–Crippen MR) is 124 cm³/mol. The minimum absolute atomic E-state index is 0.164. The smallest absolute Gasteiger partial charge is 0.233 e. The molecule has 3 fully saturated rings. The number of benzene rings is 1. The predicted octanol–water partition coefficient (Wildman–Crippen LogP) is 3.68. The van der Waals surface area contributed by atoms with Crippen LogP contribution >= 0.6 is 0 Å². The lowest BCUT2D eigenvalue weighted by Gasteiger charge is -2.32.